The number of aliphatic hydroxyl groups is 5. The highest BCUT2D eigenvalue weighted by Crippen LogP contribution is 2.46. The van der Waals surface area contributed by atoms with E-state index in [9.17, 15) is 83.1 Å². The molecule has 2 aromatic carbocycles. The number of imide groups is 1. The van der Waals surface area contributed by atoms with Gasteiger partial charge in [-0.2, -0.15) is 0 Å². The highest BCUT2D eigenvalue weighted by Gasteiger charge is 2.47. The molecule has 6 heterocycles. The van der Waals surface area contributed by atoms with Crippen molar-refractivity contribution < 1.29 is 101 Å². The number of alkyl halides is 1. The first-order valence-electron chi connectivity index (χ1n) is 32.4. The smallest absolute Gasteiger partial charge is 0.343 e. The molecule has 10 atom stereocenters. The second-order valence-electron chi connectivity index (χ2n) is 25.0. The minimum Gasteiger partial charge on any atom is -0.458 e. The largest absolute Gasteiger partial charge is 0.458 e. The van der Waals surface area contributed by atoms with Gasteiger partial charge in [0.15, 0.2) is 5.60 Å². The molecule has 33 heteroatoms. The van der Waals surface area contributed by atoms with E-state index in [0.717, 1.165) is 24.0 Å². The molecule has 10 amide bonds. The number of hydrogen-bond acceptors (Lipinski definition) is 21. The van der Waals surface area contributed by atoms with E-state index < -0.39 is 182 Å². The SMILES string of the molecule is CC[C@@]1(O)C(=O)OCc2c1cc1n(c2=O)Cc2c-1nc1cc(F)c(C)c3c1c2[C@@H](NC(=O)C(C)(F)COCNC(=O)CNC(=O)[C@H](Cc1ccccc1)NC(=O)CNC(=O)CNC(=O)[C@H](CCC(=O)NC[C@@H]1O[C@H](CO)[C@@H](O)[C@H](O)[C@H]1O)NC(=O)CCCCCN1C(=O)C=CC1=O)CC3. The van der Waals surface area contributed by atoms with Crippen molar-refractivity contribution in [2.75, 3.05) is 52.7 Å². The summed E-state index contributed by atoms with van der Waals surface area (Å²) in [5.74, 6) is -9.17. The number of nitrogens with zero attached hydrogens (tertiary/aromatic N) is 3. The van der Waals surface area contributed by atoms with Crippen molar-refractivity contribution in [3.05, 3.63) is 110 Å². The number of benzene rings is 2. The van der Waals surface area contributed by atoms with E-state index in [-0.39, 0.29) is 99.2 Å². The topological polar surface area (TPSA) is 451 Å². The first-order chi connectivity index (χ1) is 47.1. The summed E-state index contributed by atoms with van der Waals surface area (Å²) in [4.78, 5) is 163. The number of nitrogens with one attached hydrogen (secondary N) is 8. The van der Waals surface area contributed by atoms with Crippen LogP contribution in [-0.2, 0) is 98.5 Å². The maximum atomic E-state index is 16.4. The molecule has 99 heavy (non-hydrogen) atoms. The van der Waals surface area contributed by atoms with Crippen molar-refractivity contribution >= 4 is 75.9 Å². The summed E-state index contributed by atoms with van der Waals surface area (Å²) in [5, 5.41) is 71.7. The first kappa shape index (κ1) is 73.7. The average molecular weight is 1380 g/mol. The van der Waals surface area contributed by atoms with Crippen molar-refractivity contribution in [2.24, 2.45) is 0 Å². The summed E-state index contributed by atoms with van der Waals surface area (Å²) in [7, 11) is 0. The van der Waals surface area contributed by atoms with Crippen molar-refractivity contribution in [3.8, 4) is 11.4 Å². The standard InChI is InChI=1S/C66H79F2N11O20/c1-4-66(96)38-22-44-56-36(28-79(44)62(93)37(38)30-98-64(66)95)55-40(15-14-35-33(2)39(67)23-42(76-56)54(35)55)77-63(94)65(3,68)31-97-32-73-50(84)26-72-61(92)43(21-34-11-7-5-8-12-34)75-51(85)27-70-49(83)25-71-60(91)41(74-48(82)13-9-6-10-20-78-52(86)18-19-53(78)87)16-17-47(81)69-24-45-57(88)59(90)58(89)46(29-80)99-45/h5,7-8,11-12,18-19,22-23,40-41,43,45-46,57-59,80,88-90,96H,4,6,9-10,13-17,20-21,24-32H2,1-3H3,(H,69,81)(H,70,83)(H,71,91)(H,72,92)(H,73,84)(H,74,82)(H,75,85)(H,77,94)/t40-,41-,43-,45-,46+,57-,58+,59+,65?,66-/m0/s1. The molecule has 1 unspecified atom stereocenters. The number of carbonyl (C=O) groups is 11. The molecule has 1 fully saturated rings. The normalized spacial score (nSPS) is 21.6. The van der Waals surface area contributed by atoms with Gasteiger partial charge in [-0.15, -0.1) is 0 Å². The zero-order chi connectivity index (χ0) is 71.6. The van der Waals surface area contributed by atoms with Crippen LogP contribution in [0.2, 0.25) is 0 Å². The molecule has 31 nitrogen and oxygen atoms in total. The summed E-state index contributed by atoms with van der Waals surface area (Å²) in [6.45, 7) is -0.918. The number of amides is 10. The Morgan fingerprint density at radius 1 is 0.788 bits per heavy atom. The van der Waals surface area contributed by atoms with Gasteiger partial charge in [-0.3, -0.25) is 57.6 Å². The van der Waals surface area contributed by atoms with Crippen LogP contribution in [0.25, 0.3) is 22.3 Å². The molecule has 4 aromatic rings. The fourth-order valence-electron chi connectivity index (χ4n) is 12.5. The van der Waals surface area contributed by atoms with E-state index in [1.807, 2.05) is 0 Å². The zero-order valence-electron chi connectivity index (χ0n) is 54.4. The lowest BCUT2D eigenvalue weighted by Gasteiger charge is -2.40. The Bertz CT molecular complexity index is 3910. The molecule has 2 aromatic heterocycles. The van der Waals surface area contributed by atoms with E-state index in [1.165, 1.54) is 16.7 Å². The number of halogens is 2. The maximum absolute atomic E-state index is 16.4. The average Bonchev–Trinajstić information content (AvgIpc) is 1.59. The summed E-state index contributed by atoms with van der Waals surface area (Å²) < 4.78 is 49.3. The molecule has 532 valence electrons. The van der Waals surface area contributed by atoms with E-state index >= 15 is 8.78 Å². The summed E-state index contributed by atoms with van der Waals surface area (Å²) in [6.07, 6.45) is -4.71. The Kier molecular flexibility index (Phi) is 23.8. The second-order valence-corrected chi connectivity index (χ2v) is 25.0. The zero-order valence-corrected chi connectivity index (χ0v) is 54.4. The molecule has 0 radical (unpaired) electrons. The fourth-order valence-corrected chi connectivity index (χ4v) is 12.5. The molecular weight excluding hydrogens is 1300 g/mol. The Morgan fingerprint density at radius 2 is 1.45 bits per heavy atom. The number of unbranched alkanes of at least 4 members (excludes halogenated alkanes) is 2. The number of cyclic esters (lactones) is 1. The van der Waals surface area contributed by atoms with Crippen LogP contribution >= 0.6 is 0 Å². The number of pyridine rings is 2. The number of rotatable bonds is 31. The van der Waals surface area contributed by atoms with Crippen LogP contribution in [0.4, 0.5) is 8.78 Å². The lowest BCUT2D eigenvalue weighted by Crippen LogP contribution is -2.60. The van der Waals surface area contributed by atoms with Gasteiger partial charge in [-0.25, -0.2) is 18.6 Å². The highest BCUT2D eigenvalue weighted by atomic mass is 19.1. The van der Waals surface area contributed by atoms with E-state index in [0.29, 0.717) is 46.0 Å². The third kappa shape index (κ3) is 17.0. The third-order valence-corrected chi connectivity index (χ3v) is 18.1. The number of fused-ring (bicyclic) bond motifs is 5. The molecular formula is C66H79F2N11O20. The lowest BCUT2D eigenvalue weighted by molar-refractivity contribution is -0.227. The summed E-state index contributed by atoms with van der Waals surface area (Å²) >= 11 is 0. The van der Waals surface area contributed by atoms with Crippen molar-refractivity contribution in [1.29, 1.82) is 0 Å². The Balaban J connectivity index is 0.744. The van der Waals surface area contributed by atoms with Crippen molar-refractivity contribution in [1.82, 2.24) is 57.0 Å². The van der Waals surface area contributed by atoms with Gasteiger partial charge in [0.25, 0.3) is 23.3 Å². The van der Waals surface area contributed by atoms with Crippen LogP contribution in [0.5, 0.6) is 0 Å². The van der Waals surface area contributed by atoms with Gasteiger partial charge in [0.1, 0.15) is 61.8 Å². The number of esters is 1. The quantitative estimate of drug-likeness (QED) is 0.00925. The molecule has 0 bridgehead atoms. The molecule has 1 saturated heterocycles. The number of ether oxygens (including phenoxy) is 3. The van der Waals surface area contributed by atoms with Gasteiger partial charge in [-0.05, 0) is 80.7 Å². The minimum absolute atomic E-state index is 0.0605. The number of aliphatic hydroxyl groups excluding tert-OH is 4. The number of hydrogen-bond donors (Lipinski definition) is 13. The third-order valence-electron chi connectivity index (χ3n) is 18.1. The molecule has 0 saturated carbocycles. The predicted molar refractivity (Wildman–Crippen MR) is 340 cm³/mol. The summed E-state index contributed by atoms with van der Waals surface area (Å²) in [5.41, 5.74) is -2.03. The number of carbonyl (C=O) groups excluding carboxylic acids is 11. The van der Waals surface area contributed by atoms with Gasteiger partial charge >= 0.3 is 5.97 Å². The van der Waals surface area contributed by atoms with E-state index in [2.05, 4.69) is 42.5 Å². The second kappa shape index (κ2) is 32.0. The van der Waals surface area contributed by atoms with Gasteiger partial charge in [0.05, 0.1) is 67.9 Å². The molecule has 4 aliphatic heterocycles. The molecule has 5 aliphatic rings. The van der Waals surface area contributed by atoms with Crippen LogP contribution in [0.15, 0.2) is 59.4 Å². The monoisotopic (exact) mass is 1380 g/mol. The van der Waals surface area contributed by atoms with Crippen LogP contribution in [-0.4, -0.2) is 206 Å². The number of aromatic nitrogens is 2. The van der Waals surface area contributed by atoms with E-state index in [4.69, 9.17) is 19.2 Å². The Labute approximate surface area is 564 Å². The van der Waals surface area contributed by atoms with Gasteiger partial charge in [-0.1, -0.05) is 43.7 Å². The van der Waals surface area contributed by atoms with Crippen LogP contribution in [0, 0.1) is 12.7 Å². The molecule has 9 rings (SSSR count). The predicted octanol–water partition coefficient (Wildman–Crippen LogP) is -2.77. The van der Waals surface area contributed by atoms with Crippen LogP contribution in [0.1, 0.15) is 110 Å². The fraction of sp³-hybridized carbons (Fsp3) is 0.500. The van der Waals surface area contributed by atoms with Crippen molar-refractivity contribution in [2.45, 2.75) is 158 Å². The highest BCUT2D eigenvalue weighted by molar-refractivity contribution is 6.13. The van der Waals surface area contributed by atoms with Crippen LogP contribution in [0.3, 0.4) is 0 Å². The van der Waals surface area contributed by atoms with Gasteiger partial charge < -0.3 is 86.8 Å². The first-order valence-corrected chi connectivity index (χ1v) is 32.4. The maximum Gasteiger partial charge on any atom is 0.343 e. The summed E-state index contributed by atoms with van der Waals surface area (Å²) in [6, 6.07) is 7.51. The van der Waals surface area contributed by atoms with Crippen LogP contribution < -0.4 is 48.1 Å². The van der Waals surface area contributed by atoms with Crippen molar-refractivity contribution in [3.63, 3.8) is 0 Å². The minimum atomic E-state index is -2.72. The Hall–Kier alpha value is -9.51. The van der Waals surface area contributed by atoms with Gasteiger partial charge in [0, 0.05) is 67.1 Å². The lowest BCUT2D eigenvalue weighted by atomic mass is 9.81. The van der Waals surface area contributed by atoms with Gasteiger partial charge in [0.2, 0.25) is 47.0 Å². The number of aryl methyl sites for hydroxylation is 1. The molecule has 0 spiro atoms. The molecule has 13 N–H and O–H groups in total. The molecule has 1 aliphatic carbocycles. The Morgan fingerprint density at radius 3 is 2.15 bits per heavy atom. The van der Waals surface area contributed by atoms with E-state index in [1.54, 1.807) is 44.2 Å².